The normalized spacial score (nSPS) is 10.8. The van der Waals surface area contributed by atoms with Gasteiger partial charge in [0.1, 0.15) is 17.2 Å². The quantitative estimate of drug-likeness (QED) is 0.167. The number of carbonyl (C=O) groups is 1. The third-order valence-corrected chi connectivity index (χ3v) is 5.19. The van der Waals surface area contributed by atoms with Gasteiger partial charge in [0, 0.05) is 6.07 Å². The first-order chi connectivity index (χ1) is 16.0. The first-order valence-electron chi connectivity index (χ1n) is 9.91. The van der Waals surface area contributed by atoms with Crippen LogP contribution in [0.1, 0.15) is 12.5 Å². The molecule has 0 bridgehead atoms. The van der Waals surface area contributed by atoms with E-state index in [9.17, 15) is 4.79 Å². The van der Waals surface area contributed by atoms with Crippen molar-refractivity contribution in [2.45, 2.75) is 12.1 Å². The van der Waals surface area contributed by atoms with Gasteiger partial charge in [-0.05, 0) is 48.9 Å². The van der Waals surface area contributed by atoms with Crippen molar-refractivity contribution in [1.29, 1.82) is 0 Å². The van der Waals surface area contributed by atoms with Crippen LogP contribution in [0.4, 0.5) is 11.6 Å². The molecule has 0 unspecified atom stereocenters. The molecule has 0 aliphatic heterocycles. The molecular formula is C21H25N7O4S. The molecule has 1 amide bonds. The van der Waals surface area contributed by atoms with Crippen molar-refractivity contribution in [2.24, 2.45) is 5.10 Å². The predicted molar refractivity (Wildman–Crippen MR) is 128 cm³/mol. The zero-order valence-corrected chi connectivity index (χ0v) is 19.3. The molecule has 11 nitrogen and oxygen atoms in total. The van der Waals surface area contributed by atoms with Crippen LogP contribution in [-0.4, -0.2) is 53.6 Å². The third kappa shape index (κ3) is 6.53. The number of amides is 1. The van der Waals surface area contributed by atoms with Crippen molar-refractivity contribution in [3.05, 3.63) is 48.0 Å². The minimum atomic E-state index is -0.266. The maximum absolute atomic E-state index is 12.4. The van der Waals surface area contributed by atoms with E-state index in [4.69, 9.17) is 20.1 Å². The number of nitrogens with one attached hydrogen (secondary N) is 2. The summed E-state index contributed by atoms with van der Waals surface area (Å²) in [4.78, 5) is 12.4. The second kappa shape index (κ2) is 11.6. The number of carbonyl (C=O) groups excluding carboxylic acids is 1. The molecule has 1 heterocycles. The smallest absolute Gasteiger partial charge is 0.264 e. The Bertz CT molecular complexity index is 1100. The van der Waals surface area contributed by atoms with Crippen LogP contribution < -0.4 is 30.8 Å². The highest BCUT2D eigenvalue weighted by Crippen LogP contribution is 2.29. The van der Waals surface area contributed by atoms with E-state index in [0.29, 0.717) is 28.9 Å². The molecule has 0 aliphatic carbocycles. The topological polar surface area (TPSA) is 138 Å². The Labute approximate surface area is 195 Å². The minimum Gasteiger partial charge on any atom is -0.497 e. The monoisotopic (exact) mass is 471 g/mol. The van der Waals surface area contributed by atoms with E-state index < -0.39 is 0 Å². The van der Waals surface area contributed by atoms with Crippen molar-refractivity contribution < 1.29 is 19.0 Å². The highest BCUT2D eigenvalue weighted by molar-refractivity contribution is 7.99. The summed E-state index contributed by atoms with van der Waals surface area (Å²) < 4.78 is 17.1. The molecule has 0 radical (unpaired) electrons. The Kier molecular flexibility index (Phi) is 8.36. The summed E-state index contributed by atoms with van der Waals surface area (Å²) in [6.45, 7) is 2.54. The predicted octanol–water partition coefficient (Wildman–Crippen LogP) is 2.58. The van der Waals surface area contributed by atoms with E-state index in [1.54, 1.807) is 31.5 Å². The SMILES string of the molecule is CCOc1ccc(/C=N/Nc2nnc(SCC(=O)Nc3cc(OC)ccc3OC)n2N)cc1. The number of hydrazone groups is 1. The van der Waals surface area contributed by atoms with Gasteiger partial charge in [0.2, 0.25) is 11.1 Å². The van der Waals surface area contributed by atoms with E-state index in [-0.39, 0.29) is 17.6 Å². The summed E-state index contributed by atoms with van der Waals surface area (Å²) in [5.41, 5.74) is 4.11. The molecule has 3 rings (SSSR count). The number of rotatable bonds is 11. The molecule has 0 spiro atoms. The van der Waals surface area contributed by atoms with Crippen molar-refractivity contribution >= 4 is 35.5 Å². The minimum absolute atomic E-state index is 0.0607. The van der Waals surface area contributed by atoms with E-state index in [1.807, 2.05) is 31.2 Å². The van der Waals surface area contributed by atoms with Crippen LogP contribution in [0.5, 0.6) is 17.2 Å². The van der Waals surface area contributed by atoms with Gasteiger partial charge in [-0.15, -0.1) is 10.2 Å². The van der Waals surface area contributed by atoms with Crippen molar-refractivity contribution in [3.63, 3.8) is 0 Å². The van der Waals surface area contributed by atoms with Gasteiger partial charge in [-0.2, -0.15) is 5.10 Å². The van der Waals surface area contributed by atoms with Crippen LogP contribution in [-0.2, 0) is 4.79 Å². The van der Waals surface area contributed by atoms with Crippen LogP contribution in [0.3, 0.4) is 0 Å². The van der Waals surface area contributed by atoms with Gasteiger partial charge in [0.05, 0.1) is 38.5 Å². The number of aromatic nitrogens is 3. The van der Waals surface area contributed by atoms with Gasteiger partial charge >= 0.3 is 0 Å². The molecule has 0 saturated heterocycles. The van der Waals surface area contributed by atoms with E-state index in [2.05, 4.69) is 26.0 Å². The number of hydrogen-bond donors (Lipinski definition) is 3. The maximum Gasteiger partial charge on any atom is 0.264 e. The maximum atomic E-state index is 12.4. The molecule has 4 N–H and O–H groups in total. The number of anilines is 2. The lowest BCUT2D eigenvalue weighted by Crippen LogP contribution is -2.17. The molecule has 0 fully saturated rings. The van der Waals surface area contributed by atoms with Crippen molar-refractivity contribution in [3.8, 4) is 17.2 Å². The molecular weight excluding hydrogens is 446 g/mol. The number of nitrogens with two attached hydrogens (primary N) is 1. The first-order valence-corrected chi connectivity index (χ1v) is 10.9. The van der Waals surface area contributed by atoms with Crippen molar-refractivity contribution in [2.75, 3.05) is 43.2 Å². The average Bonchev–Trinajstić information content (AvgIpc) is 3.18. The number of methoxy groups -OCH3 is 2. The van der Waals surface area contributed by atoms with Gasteiger partial charge in [-0.25, -0.2) is 10.1 Å². The lowest BCUT2D eigenvalue weighted by Gasteiger charge is -2.11. The van der Waals surface area contributed by atoms with Crippen LogP contribution in [0.25, 0.3) is 0 Å². The number of thioether (sulfide) groups is 1. The number of ether oxygens (including phenoxy) is 3. The molecule has 0 saturated carbocycles. The number of nitrogens with zero attached hydrogens (tertiary/aromatic N) is 4. The first kappa shape index (κ1) is 23.7. The average molecular weight is 472 g/mol. The Morgan fingerprint density at radius 3 is 2.61 bits per heavy atom. The molecule has 0 atom stereocenters. The number of hydrogen-bond acceptors (Lipinski definition) is 10. The molecule has 174 valence electrons. The zero-order valence-electron chi connectivity index (χ0n) is 18.4. The molecule has 2 aromatic carbocycles. The zero-order chi connectivity index (χ0) is 23.6. The van der Waals surface area contributed by atoms with Gasteiger partial charge in [-0.1, -0.05) is 11.8 Å². The van der Waals surface area contributed by atoms with Gasteiger partial charge in [-0.3, -0.25) is 4.79 Å². The molecule has 3 aromatic rings. The van der Waals surface area contributed by atoms with Crippen LogP contribution in [0.2, 0.25) is 0 Å². The Hall–Kier alpha value is -3.93. The van der Waals surface area contributed by atoms with Gasteiger partial charge in [0.25, 0.3) is 5.95 Å². The van der Waals surface area contributed by atoms with E-state index in [1.165, 1.54) is 11.8 Å². The third-order valence-electron chi connectivity index (χ3n) is 4.25. The fourth-order valence-corrected chi connectivity index (χ4v) is 3.32. The fourth-order valence-electron chi connectivity index (χ4n) is 2.66. The summed E-state index contributed by atoms with van der Waals surface area (Å²) in [6, 6.07) is 12.6. The van der Waals surface area contributed by atoms with Crippen LogP contribution >= 0.6 is 11.8 Å². The molecule has 33 heavy (non-hydrogen) atoms. The Morgan fingerprint density at radius 1 is 1.15 bits per heavy atom. The molecule has 1 aromatic heterocycles. The highest BCUT2D eigenvalue weighted by atomic mass is 32.2. The van der Waals surface area contributed by atoms with Crippen molar-refractivity contribution in [1.82, 2.24) is 14.9 Å². The number of nitrogen functional groups attached to an aromatic ring is 1. The van der Waals surface area contributed by atoms with E-state index >= 15 is 0 Å². The van der Waals surface area contributed by atoms with Gasteiger partial charge < -0.3 is 25.4 Å². The summed E-state index contributed by atoms with van der Waals surface area (Å²) in [6.07, 6.45) is 1.62. The van der Waals surface area contributed by atoms with Crippen LogP contribution in [0.15, 0.2) is 52.7 Å². The Balaban J connectivity index is 1.54. The summed E-state index contributed by atoms with van der Waals surface area (Å²) in [7, 11) is 3.07. The van der Waals surface area contributed by atoms with Crippen LogP contribution in [0, 0.1) is 0 Å². The summed E-state index contributed by atoms with van der Waals surface area (Å²) in [5, 5.41) is 15.2. The second-order valence-corrected chi connectivity index (χ2v) is 7.39. The number of benzene rings is 2. The standard InChI is InChI=1S/C21H25N7O4S/c1-4-32-15-7-5-14(6-8-15)12-23-25-20-26-27-21(28(20)22)33-13-19(29)24-17-11-16(30-2)9-10-18(17)31-3/h5-12H,4,13,22H2,1-3H3,(H,24,29)(H,25,26)/b23-12+. The van der Waals surface area contributed by atoms with Gasteiger partial charge in [0.15, 0.2) is 0 Å². The fraction of sp³-hybridized carbons (Fsp3) is 0.238. The largest absolute Gasteiger partial charge is 0.497 e. The van der Waals surface area contributed by atoms with E-state index in [0.717, 1.165) is 23.1 Å². The highest BCUT2D eigenvalue weighted by Gasteiger charge is 2.14. The molecule has 12 heteroatoms. The summed E-state index contributed by atoms with van der Waals surface area (Å²) in [5.74, 6) is 7.95. The lowest BCUT2D eigenvalue weighted by atomic mass is 10.2. The second-order valence-electron chi connectivity index (χ2n) is 6.45. The molecule has 0 aliphatic rings. The Morgan fingerprint density at radius 2 is 1.91 bits per heavy atom. The lowest BCUT2D eigenvalue weighted by molar-refractivity contribution is -0.113. The summed E-state index contributed by atoms with van der Waals surface area (Å²) >= 11 is 1.13.